The second-order valence-electron chi connectivity index (χ2n) is 5.08. The lowest BCUT2D eigenvalue weighted by molar-refractivity contribution is 0.293. The number of halogens is 1. The smallest absolute Gasteiger partial charge is 0.139 e. The normalized spacial score (nSPS) is 23.4. The zero-order valence-corrected chi connectivity index (χ0v) is 10.7. The summed E-state index contributed by atoms with van der Waals surface area (Å²) in [5.74, 6) is 1.21. The van der Waals surface area contributed by atoms with Crippen molar-refractivity contribution in [2.45, 2.75) is 31.2 Å². The lowest BCUT2D eigenvalue weighted by atomic mass is 9.87. The minimum atomic E-state index is -0.119. The van der Waals surface area contributed by atoms with E-state index in [4.69, 9.17) is 4.52 Å². The highest BCUT2D eigenvalue weighted by atomic mass is 19.1. The molecule has 100 valence electrons. The Hall–Kier alpha value is -1.68. The molecule has 1 aliphatic rings. The highest BCUT2D eigenvalue weighted by Gasteiger charge is 2.25. The molecular weight excluding hydrogens is 243 g/mol. The van der Waals surface area contributed by atoms with Gasteiger partial charge in [-0.15, -0.1) is 0 Å². The van der Waals surface area contributed by atoms with E-state index in [1.54, 1.807) is 12.3 Å². The summed E-state index contributed by atoms with van der Waals surface area (Å²) < 4.78 is 18.9. The standard InChI is InChI=1S/C15H17FN2O/c16-14-4-2-1-3-11(14)9-13-10-12(5-7-17-13)15-6-8-18-19-15/h1-4,6,8,12-13,17H,5,7,9-10H2/t12-,13+/m1/s1. The molecule has 0 bridgehead atoms. The van der Waals surface area contributed by atoms with E-state index in [0.717, 1.165) is 37.1 Å². The van der Waals surface area contributed by atoms with Gasteiger partial charge in [-0.3, -0.25) is 0 Å². The number of aromatic nitrogens is 1. The molecular formula is C15H17FN2O. The minimum absolute atomic E-state index is 0.119. The van der Waals surface area contributed by atoms with Crippen LogP contribution in [0.15, 0.2) is 41.1 Å². The van der Waals surface area contributed by atoms with Gasteiger partial charge in [0.15, 0.2) is 0 Å². The quantitative estimate of drug-likeness (QED) is 0.922. The second kappa shape index (κ2) is 5.53. The van der Waals surface area contributed by atoms with Crippen molar-refractivity contribution in [1.82, 2.24) is 10.5 Å². The average Bonchev–Trinajstić information content (AvgIpc) is 2.96. The van der Waals surface area contributed by atoms with E-state index < -0.39 is 0 Å². The van der Waals surface area contributed by atoms with Crippen LogP contribution in [0.3, 0.4) is 0 Å². The first-order chi connectivity index (χ1) is 9.33. The topological polar surface area (TPSA) is 38.1 Å². The number of nitrogens with zero attached hydrogens (tertiary/aromatic N) is 1. The third-order valence-electron chi connectivity index (χ3n) is 3.78. The largest absolute Gasteiger partial charge is 0.361 e. The fourth-order valence-electron chi connectivity index (χ4n) is 2.79. The van der Waals surface area contributed by atoms with E-state index >= 15 is 0 Å². The molecule has 0 aliphatic carbocycles. The molecule has 0 unspecified atom stereocenters. The average molecular weight is 260 g/mol. The SMILES string of the molecule is Fc1ccccc1C[C@H]1C[C@H](c2ccno2)CCN1. The number of rotatable bonds is 3. The summed E-state index contributed by atoms with van der Waals surface area (Å²) in [7, 11) is 0. The first-order valence-corrected chi connectivity index (χ1v) is 6.70. The maximum atomic E-state index is 13.7. The van der Waals surface area contributed by atoms with Gasteiger partial charge in [-0.1, -0.05) is 23.4 Å². The molecule has 4 heteroatoms. The highest BCUT2D eigenvalue weighted by molar-refractivity contribution is 5.19. The first-order valence-electron chi connectivity index (χ1n) is 6.70. The molecule has 3 nitrogen and oxygen atoms in total. The van der Waals surface area contributed by atoms with Gasteiger partial charge >= 0.3 is 0 Å². The van der Waals surface area contributed by atoms with Crippen molar-refractivity contribution in [3.8, 4) is 0 Å². The van der Waals surface area contributed by atoms with Crippen LogP contribution < -0.4 is 5.32 Å². The molecule has 0 amide bonds. The van der Waals surface area contributed by atoms with Crippen LogP contribution in [0.1, 0.15) is 30.1 Å². The van der Waals surface area contributed by atoms with Crippen LogP contribution in [0.2, 0.25) is 0 Å². The summed E-state index contributed by atoms with van der Waals surface area (Å²) in [6, 6.07) is 9.21. The molecule has 0 spiro atoms. The third-order valence-corrected chi connectivity index (χ3v) is 3.78. The van der Waals surface area contributed by atoms with Gasteiger partial charge < -0.3 is 9.84 Å². The fraction of sp³-hybridized carbons (Fsp3) is 0.400. The molecule has 1 aliphatic heterocycles. The molecule has 19 heavy (non-hydrogen) atoms. The van der Waals surface area contributed by atoms with E-state index in [1.165, 1.54) is 6.07 Å². The highest BCUT2D eigenvalue weighted by Crippen LogP contribution is 2.28. The maximum Gasteiger partial charge on any atom is 0.139 e. The van der Waals surface area contributed by atoms with Gasteiger partial charge in [0.2, 0.25) is 0 Å². The molecule has 1 N–H and O–H groups in total. The van der Waals surface area contributed by atoms with E-state index in [0.29, 0.717) is 12.0 Å². The molecule has 2 atom stereocenters. The van der Waals surface area contributed by atoms with E-state index in [2.05, 4.69) is 10.5 Å². The van der Waals surface area contributed by atoms with Crippen LogP contribution >= 0.6 is 0 Å². The first kappa shape index (κ1) is 12.4. The summed E-state index contributed by atoms with van der Waals surface area (Å²) in [5, 5.41) is 7.22. The number of hydrogen-bond donors (Lipinski definition) is 1. The van der Waals surface area contributed by atoms with Gasteiger partial charge in [0.25, 0.3) is 0 Å². The summed E-state index contributed by atoms with van der Waals surface area (Å²) in [4.78, 5) is 0. The van der Waals surface area contributed by atoms with Gasteiger partial charge in [0, 0.05) is 18.0 Å². The Morgan fingerprint density at radius 3 is 3.00 bits per heavy atom. The molecule has 2 aromatic rings. The van der Waals surface area contributed by atoms with Crippen molar-refractivity contribution < 1.29 is 8.91 Å². The third kappa shape index (κ3) is 2.84. The number of nitrogens with one attached hydrogen (secondary N) is 1. The second-order valence-corrected chi connectivity index (χ2v) is 5.08. The van der Waals surface area contributed by atoms with Crippen molar-refractivity contribution in [2.24, 2.45) is 0 Å². The Balaban J connectivity index is 1.67. The van der Waals surface area contributed by atoms with Crippen LogP contribution in [0.25, 0.3) is 0 Å². The Bertz CT molecular complexity index is 527. The van der Waals surface area contributed by atoms with Gasteiger partial charge in [-0.05, 0) is 37.4 Å². The maximum absolute atomic E-state index is 13.7. The Morgan fingerprint density at radius 2 is 2.21 bits per heavy atom. The molecule has 0 saturated carbocycles. The van der Waals surface area contributed by atoms with Crippen LogP contribution in [-0.4, -0.2) is 17.7 Å². The van der Waals surface area contributed by atoms with Crippen molar-refractivity contribution >= 4 is 0 Å². The molecule has 1 saturated heterocycles. The van der Waals surface area contributed by atoms with Gasteiger partial charge in [0.1, 0.15) is 11.6 Å². The monoisotopic (exact) mass is 260 g/mol. The zero-order valence-electron chi connectivity index (χ0n) is 10.7. The van der Waals surface area contributed by atoms with E-state index in [9.17, 15) is 4.39 Å². The Labute approximate surface area is 111 Å². The fourth-order valence-corrected chi connectivity index (χ4v) is 2.79. The van der Waals surface area contributed by atoms with Crippen molar-refractivity contribution in [3.63, 3.8) is 0 Å². The molecule has 1 aromatic heterocycles. The lowest BCUT2D eigenvalue weighted by Gasteiger charge is -2.29. The van der Waals surface area contributed by atoms with E-state index in [1.807, 2.05) is 18.2 Å². The van der Waals surface area contributed by atoms with Crippen LogP contribution in [0.4, 0.5) is 4.39 Å². The van der Waals surface area contributed by atoms with Gasteiger partial charge in [-0.25, -0.2) is 4.39 Å². The predicted octanol–water partition coefficient (Wildman–Crippen LogP) is 2.89. The molecule has 0 radical (unpaired) electrons. The number of piperidine rings is 1. The van der Waals surface area contributed by atoms with Crippen molar-refractivity contribution in [3.05, 3.63) is 53.7 Å². The minimum Gasteiger partial charge on any atom is -0.361 e. The van der Waals surface area contributed by atoms with Crippen LogP contribution in [0, 0.1) is 5.82 Å². The lowest BCUT2D eigenvalue weighted by Crippen LogP contribution is -2.38. The molecule has 2 heterocycles. The molecule has 1 aromatic carbocycles. The molecule has 3 rings (SSSR count). The van der Waals surface area contributed by atoms with Crippen molar-refractivity contribution in [2.75, 3.05) is 6.54 Å². The van der Waals surface area contributed by atoms with Crippen LogP contribution in [-0.2, 0) is 6.42 Å². The van der Waals surface area contributed by atoms with Crippen LogP contribution in [0.5, 0.6) is 0 Å². The Morgan fingerprint density at radius 1 is 1.32 bits per heavy atom. The summed E-state index contributed by atoms with van der Waals surface area (Å²) in [5.41, 5.74) is 0.776. The van der Waals surface area contributed by atoms with Gasteiger partial charge in [-0.2, -0.15) is 0 Å². The number of hydrogen-bond acceptors (Lipinski definition) is 3. The summed E-state index contributed by atoms with van der Waals surface area (Å²) >= 11 is 0. The summed E-state index contributed by atoms with van der Waals surface area (Å²) in [6.07, 6.45) is 4.41. The molecule has 1 fully saturated rings. The summed E-state index contributed by atoms with van der Waals surface area (Å²) in [6.45, 7) is 0.935. The van der Waals surface area contributed by atoms with Gasteiger partial charge in [0.05, 0.1) is 6.20 Å². The zero-order chi connectivity index (χ0) is 13.1. The predicted molar refractivity (Wildman–Crippen MR) is 70.4 cm³/mol. The van der Waals surface area contributed by atoms with Crippen molar-refractivity contribution in [1.29, 1.82) is 0 Å². The Kier molecular flexibility index (Phi) is 3.60. The van der Waals surface area contributed by atoms with E-state index in [-0.39, 0.29) is 5.82 Å². The number of benzene rings is 1.